The molecule has 0 spiro atoms. The molecule has 0 fully saturated rings. The second-order valence-electron chi connectivity index (χ2n) is 10.6. The Balaban J connectivity index is 1.39. The van der Waals surface area contributed by atoms with Crippen LogP contribution in [0.5, 0.6) is 0 Å². The fourth-order valence-corrected chi connectivity index (χ4v) is 4.92. The molecule has 3 aromatic rings. The van der Waals surface area contributed by atoms with Crippen molar-refractivity contribution in [2.24, 2.45) is 0 Å². The van der Waals surface area contributed by atoms with E-state index in [4.69, 9.17) is 4.98 Å². The minimum Gasteiger partial charge on any atom is -0.256 e. The first kappa shape index (κ1) is 29.0. The Kier molecular flexibility index (Phi) is 14.0. The summed E-state index contributed by atoms with van der Waals surface area (Å²) >= 11 is 0. The molecule has 200 valence electrons. The normalized spacial score (nSPS) is 11.2. The molecule has 0 atom stereocenters. The lowest BCUT2D eigenvalue weighted by Gasteiger charge is -2.06. The van der Waals surface area contributed by atoms with E-state index in [1.807, 2.05) is 12.4 Å². The van der Waals surface area contributed by atoms with Crippen molar-refractivity contribution >= 4 is 0 Å². The molecule has 0 saturated carbocycles. The average Bonchev–Trinajstić information content (AvgIpc) is 2.95. The maximum Gasteiger partial charge on any atom is 0.159 e. The molecular weight excluding hydrogens is 450 g/mol. The summed E-state index contributed by atoms with van der Waals surface area (Å²) in [5.41, 5.74) is 5.80. The van der Waals surface area contributed by atoms with E-state index in [-0.39, 0.29) is 0 Å². The summed E-state index contributed by atoms with van der Waals surface area (Å²) in [5, 5.41) is 0. The maximum absolute atomic E-state index is 4.73. The van der Waals surface area contributed by atoms with E-state index in [0.29, 0.717) is 0 Å². The summed E-state index contributed by atoms with van der Waals surface area (Å²) in [6.45, 7) is 4.55. The summed E-state index contributed by atoms with van der Waals surface area (Å²) in [6.07, 6.45) is 28.5. The van der Waals surface area contributed by atoms with Crippen molar-refractivity contribution in [2.45, 2.75) is 123 Å². The van der Waals surface area contributed by atoms with E-state index < -0.39 is 0 Å². The van der Waals surface area contributed by atoms with Gasteiger partial charge in [-0.05, 0) is 42.9 Å². The third kappa shape index (κ3) is 11.2. The molecule has 2 aromatic heterocycles. The van der Waals surface area contributed by atoms with Crippen LogP contribution >= 0.6 is 0 Å². The Morgan fingerprint density at radius 3 is 1.41 bits per heavy atom. The van der Waals surface area contributed by atoms with Crippen LogP contribution in [0.1, 0.15) is 121 Å². The van der Waals surface area contributed by atoms with Crippen LogP contribution in [0.3, 0.4) is 0 Å². The highest BCUT2D eigenvalue weighted by Crippen LogP contribution is 2.22. The average molecular weight is 500 g/mol. The number of hydrogen-bond acceptors (Lipinski definition) is 3. The van der Waals surface area contributed by atoms with Crippen molar-refractivity contribution in [2.75, 3.05) is 0 Å². The highest BCUT2D eigenvalue weighted by Gasteiger charge is 2.05. The summed E-state index contributed by atoms with van der Waals surface area (Å²) < 4.78 is 0. The predicted molar refractivity (Wildman–Crippen MR) is 159 cm³/mol. The topological polar surface area (TPSA) is 38.7 Å². The van der Waals surface area contributed by atoms with Crippen LogP contribution < -0.4 is 0 Å². The van der Waals surface area contributed by atoms with Crippen molar-refractivity contribution < 1.29 is 0 Å². The second-order valence-corrected chi connectivity index (χ2v) is 10.6. The molecule has 3 rings (SSSR count). The molecule has 1 aromatic carbocycles. The van der Waals surface area contributed by atoms with Crippen LogP contribution in [0, 0.1) is 0 Å². The van der Waals surface area contributed by atoms with Gasteiger partial charge in [0.15, 0.2) is 5.82 Å². The molecule has 0 bridgehead atoms. The zero-order valence-corrected chi connectivity index (χ0v) is 23.6. The van der Waals surface area contributed by atoms with Crippen LogP contribution in [0.2, 0.25) is 0 Å². The lowest BCUT2D eigenvalue weighted by molar-refractivity contribution is 0.575. The lowest BCUT2D eigenvalue weighted by atomic mass is 10.0. The summed E-state index contributed by atoms with van der Waals surface area (Å²) in [4.78, 5) is 14.0. The summed E-state index contributed by atoms with van der Waals surface area (Å²) in [6, 6.07) is 12.9. The van der Waals surface area contributed by atoms with Crippen LogP contribution in [0.15, 0.2) is 55.0 Å². The number of unbranched alkanes of at least 4 members (excludes halogenated alkanes) is 13. The van der Waals surface area contributed by atoms with Crippen molar-refractivity contribution in [1.29, 1.82) is 0 Å². The maximum atomic E-state index is 4.73. The van der Waals surface area contributed by atoms with Crippen molar-refractivity contribution in [3.05, 3.63) is 66.1 Å². The summed E-state index contributed by atoms with van der Waals surface area (Å²) in [7, 11) is 0. The Labute approximate surface area is 226 Å². The quantitative estimate of drug-likeness (QED) is 0.154. The Bertz CT molecular complexity index is 961. The van der Waals surface area contributed by atoms with E-state index in [1.54, 1.807) is 0 Å². The number of aryl methyl sites for hydroxylation is 2. The fourth-order valence-electron chi connectivity index (χ4n) is 4.92. The van der Waals surface area contributed by atoms with Crippen molar-refractivity contribution in [1.82, 2.24) is 15.0 Å². The Morgan fingerprint density at radius 1 is 0.432 bits per heavy atom. The molecule has 0 aliphatic heterocycles. The number of aromatic nitrogens is 3. The second kappa shape index (κ2) is 17.8. The zero-order valence-electron chi connectivity index (χ0n) is 23.6. The predicted octanol–water partition coefficient (Wildman–Crippen LogP) is 10.2. The molecule has 3 nitrogen and oxygen atoms in total. The molecule has 0 radical (unpaired) electrons. The highest BCUT2D eigenvalue weighted by atomic mass is 14.9. The van der Waals surface area contributed by atoms with Crippen LogP contribution in [-0.4, -0.2) is 15.0 Å². The monoisotopic (exact) mass is 499 g/mol. The van der Waals surface area contributed by atoms with E-state index in [0.717, 1.165) is 35.5 Å². The van der Waals surface area contributed by atoms with Crippen LogP contribution in [-0.2, 0) is 12.8 Å². The van der Waals surface area contributed by atoms with Gasteiger partial charge >= 0.3 is 0 Å². The van der Waals surface area contributed by atoms with Gasteiger partial charge in [0.1, 0.15) is 0 Å². The smallest absolute Gasteiger partial charge is 0.159 e. The third-order valence-electron chi connectivity index (χ3n) is 7.36. The number of nitrogens with zero attached hydrogens (tertiary/aromatic N) is 3. The van der Waals surface area contributed by atoms with Crippen molar-refractivity contribution in [3.8, 4) is 22.6 Å². The Morgan fingerprint density at radius 2 is 0.892 bits per heavy atom. The van der Waals surface area contributed by atoms with E-state index in [1.165, 1.54) is 107 Å². The first-order valence-electron chi connectivity index (χ1n) is 15.2. The number of rotatable bonds is 19. The van der Waals surface area contributed by atoms with Gasteiger partial charge in [0, 0.05) is 29.7 Å². The van der Waals surface area contributed by atoms with Crippen LogP contribution in [0.4, 0.5) is 0 Å². The van der Waals surface area contributed by atoms with E-state index in [2.05, 4.69) is 66.4 Å². The lowest BCUT2D eigenvalue weighted by Crippen LogP contribution is -1.94. The van der Waals surface area contributed by atoms with Gasteiger partial charge in [-0.2, -0.15) is 0 Å². The van der Waals surface area contributed by atoms with Gasteiger partial charge in [-0.25, -0.2) is 9.97 Å². The van der Waals surface area contributed by atoms with Gasteiger partial charge in [0.05, 0.1) is 5.69 Å². The molecule has 3 heteroatoms. The summed E-state index contributed by atoms with van der Waals surface area (Å²) in [5.74, 6) is 0.796. The molecule has 0 amide bonds. The zero-order chi connectivity index (χ0) is 26.0. The molecule has 0 aliphatic carbocycles. The minimum absolute atomic E-state index is 0.796. The molecule has 2 heterocycles. The first-order valence-corrected chi connectivity index (χ1v) is 15.2. The largest absolute Gasteiger partial charge is 0.256 e. The molecule has 0 unspecified atom stereocenters. The molecule has 0 N–H and O–H groups in total. The van der Waals surface area contributed by atoms with Gasteiger partial charge in [-0.1, -0.05) is 128 Å². The number of pyridine rings is 1. The van der Waals surface area contributed by atoms with Gasteiger partial charge < -0.3 is 0 Å². The number of benzene rings is 1. The van der Waals surface area contributed by atoms with Gasteiger partial charge in [-0.15, -0.1) is 0 Å². The highest BCUT2D eigenvalue weighted by molar-refractivity contribution is 5.65. The Hall–Kier alpha value is -2.55. The minimum atomic E-state index is 0.796. The van der Waals surface area contributed by atoms with Gasteiger partial charge in [-0.3, -0.25) is 4.98 Å². The first-order chi connectivity index (χ1) is 18.3. The van der Waals surface area contributed by atoms with E-state index >= 15 is 0 Å². The third-order valence-corrected chi connectivity index (χ3v) is 7.36. The molecule has 0 saturated heterocycles. The molecule has 0 aliphatic rings. The van der Waals surface area contributed by atoms with Crippen LogP contribution in [0.25, 0.3) is 22.6 Å². The van der Waals surface area contributed by atoms with Crippen molar-refractivity contribution in [3.63, 3.8) is 0 Å². The van der Waals surface area contributed by atoms with E-state index in [9.17, 15) is 0 Å². The molecule has 37 heavy (non-hydrogen) atoms. The SMILES string of the molecule is CCCCCCCCCCc1cnc(-c2ccc(-c3ccc(CCCCCCCCC)cn3)cc2)nc1. The van der Waals surface area contributed by atoms with Gasteiger partial charge in [0.25, 0.3) is 0 Å². The van der Waals surface area contributed by atoms with Gasteiger partial charge in [0.2, 0.25) is 0 Å². The standard InChI is InChI=1S/C34H49N3/c1-3-5-7-9-11-13-15-17-19-30-27-36-34(37-28-30)32-23-21-31(22-24-32)33-25-20-29(26-35-33)18-16-14-12-10-8-6-4-2/h20-28H,3-19H2,1-2H3. The number of hydrogen-bond donors (Lipinski definition) is 0. The fraction of sp³-hybridized carbons (Fsp3) is 0.559. The molecular formula is C34H49N3.